The molecule has 0 N–H and O–H groups in total. The Morgan fingerprint density at radius 1 is 0.406 bits per heavy atom. The van der Waals surface area contributed by atoms with E-state index in [2.05, 4.69) is 24.6 Å². The lowest BCUT2D eigenvalue weighted by atomic mass is 10.0. The summed E-state index contributed by atoms with van der Waals surface area (Å²) in [7, 11) is 0. The van der Waals surface area contributed by atoms with E-state index in [1.807, 2.05) is 22.7 Å². The van der Waals surface area contributed by atoms with Gasteiger partial charge in [0.25, 0.3) is 0 Å². The number of hydrogen-bond acceptors (Lipinski definition) is 2. The van der Waals surface area contributed by atoms with Crippen molar-refractivity contribution >= 4 is 32.1 Å². The minimum Gasteiger partial charge on any atom is -0.142 e. The van der Waals surface area contributed by atoms with Crippen LogP contribution in [0.3, 0.4) is 0 Å². The van der Waals surface area contributed by atoms with Crippen LogP contribution in [-0.2, 0) is 12.8 Å². The lowest BCUT2D eigenvalue weighted by Crippen LogP contribution is -1.85. The fourth-order valence-corrected chi connectivity index (χ4v) is 7.40. The van der Waals surface area contributed by atoms with Crippen molar-refractivity contribution in [1.29, 1.82) is 0 Å². The maximum Gasteiger partial charge on any atom is 0.0485 e. The van der Waals surface area contributed by atoms with Gasteiger partial charge in [0.15, 0.2) is 0 Å². The monoisotopic (exact) mass is 476 g/mol. The molecule has 0 amide bonds. The largest absolute Gasteiger partial charge is 0.142 e. The van der Waals surface area contributed by atoms with Crippen LogP contribution < -0.4 is 0 Å². The highest BCUT2D eigenvalue weighted by Gasteiger charge is 2.10. The molecule has 184 valence electrons. The fourth-order valence-electron chi connectivity index (χ4n) is 4.87. The molecule has 0 spiro atoms. The Morgan fingerprint density at radius 2 is 0.688 bits per heavy atom. The quantitative estimate of drug-likeness (QED) is 0.148. The number of unbranched alkanes of at least 4 members (excludes halogenated alkanes) is 18. The average Bonchev–Trinajstić information content (AvgIpc) is 3.39. The van der Waals surface area contributed by atoms with Crippen LogP contribution in [-0.4, -0.2) is 0 Å². The molecule has 32 heavy (non-hydrogen) atoms. The number of aryl methyl sites for hydroxylation is 2. The van der Waals surface area contributed by atoms with Crippen molar-refractivity contribution in [1.82, 2.24) is 0 Å². The normalized spacial score (nSPS) is 11.7. The first-order valence-electron chi connectivity index (χ1n) is 14.3. The van der Waals surface area contributed by atoms with E-state index in [-0.39, 0.29) is 0 Å². The van der Waals surface area contributed by atoms with Gasteiger partial charge < -0.3 is 0 Å². The number of fused-ring (bicyclic) bond motifs is 1. The molecule has 0 radical (unpaired) electrons. The van der Waals surface area contributed by atoms with Crippen LogP contribution in [0.1, 0.15) is 153 Å². The van der Waals surface area contributed by atoms with Crippen LogP contribution in [0.4, 0.5) is 0 Å². The molecule has 0 nitrogen and oxygen atoms in total. The molecular formula is C30H52S2. The molecular weight excluding hydrogens is 424 g/mol. The second-order valence-corrected chi connectivity index (χ2v) is 11.8. The van der Waals surface area contributed by atoms with Crippen molar-refractivity contribution in [3.63, 3.8) is 0 Å². The summed E-state index contributed by atoms with van der Waals surface area (Å²) in [6.45, 7) is 4.61. The highest BCUT2D eigenvalue weighted by Crippen LogP contribution is 2.36. The Balaban J connectivity index is 1.51. The zero-order valence-corrected chi connectivity index (χ0v) is 23.2. The highest BCUT2D eigenvalue weighted by atomic mass is 32.1. The molecule has 0 unspecified atom stereocenters. The second-order valence-electron chi connectivity index (χ2n) is 10.0. The Bertz CT molecular complexity index is 607. The third kappa shape index (κ3) is 11.7. The summed E-state index contributed by atoms with van der Waals surface area (Å²) < 4.78 is 3.24. The van der Waals surface area contributed by atoms with E-state index in [0.29, 0.717) is 0 Å². The zero-order chi connectivity index (χ0) is 22.7. The molecule has 0 aliphatic carbocycles. The standard InChI is InChI=1S/C30H52S2/c1-3-5-7-9-11-13-15-17-19-21-23-27-25-31-30-28(26-32-29(27)30)24-22-20-18-16-14-12-10-8-6-4-2/h25-26H,3-24H2,1-2H3. The van der Waals surface area contributed by atoms with Crippen molar-refractivity contribution in [2.45, 2.75) is 155 Å². The summed E-state index contributed by atoms with van der Waals surface area (Å²) in [5.41, 5.74) is 3.28. The second kappa shape index (κ2) is 19.0. The van der Waals surface area contributed by atoms with Gasteiger partial charge in [-0.3, -0.25) is 0 Å². The van der Waals surface area contributed by atoms with Gasteiger partial charge in [0, 0.05) is 9.40 Å². The van der Waals surface area contributed by atoms with Crippen molar-refractivity contribution in [3.8, 4) is 0 Å². The van der Waals surface area contributed by atoms with Gasteiger partial charge in [-0.2, -0.15) is 0 Å². The van der Waals surface area contributed by atoms with E-state index in [1.165, 1.54) is 141 Å². The summed E-state index contributed by atoms with van der Waals surface area (Å²) >= 11 is 4.04. The van der Waals surface area contributed by atoms with E-state index in [1.54, 1.807) is 20.5 Å². The maximum atomic E-state index is 2.47. The van der Waals surface area contributed by atoms with Gasteiger partial charge in [0.2, 0.25) is 0 Å². The smallest absolute Gasteiger partial charge is 0.0485 e. The lowest BCUT2D eigenvalue weighted by Gasteiger charge is -2.02. The third-order valence-electron chi connectivity index (χ3n) is 7.03. The SMILES string of the molecule is CCCCCCCCCCCCc1csc2c(CCCCCCCCCCCC)csc12. The van der Waals surface area contributed by atoms with Crippen LogP contribution in [0.5, 0.6) is 0 Å². The molecule has 0 saturated heterocycles. The molecule has 0 bridgehead atoms. The predicted octanol–water partition coefficient (Wildman–Crippen LogP) is 11.9. The van der Waals surface area contributed by atoms with Gasteiger partial charge in [-0.25, -0.2) is 0 Å². The molecule has 2 rings (SSSR count). The average molecular weight is 477 g/mol. The van der Waals surface area contributed by atoms with Crippen LogP contribution >= 0.6 is 22.7 Å². The van der Waals surface area contributed by atoms with E-state index in [9.17, 15) is 0 Å². The Labute approximate surface area is 208 Å². The first-order chi connectivity index (χ1) is 15.9. The lowest BCUT2D eigenvalue weighted by molar-refractivity contribution is 0.556. The molecule has 2 heterocycles. The van der Waals surface area contributed by atoms with Gasteiger partial charge >= 0.3 is 0 Å². The van der Waals surface area contributed by atoms with Crippen LogP contribution in [0.15, 0.2) is 10.8 Å². The number of thiophene rings is 2. The number of hydrogen-bond donors (Lipinski definition) is 0. The molecule has 0 aromatic carbocycles. The first-order valence-corrected chi connectivity index (χ1v) is 16.1. The predicted molar refractivity (Wildman–Crippen MR) is 151 cm³/mol. The molecule has 0 fully saturated rings. The van der Waals surface area contributed by atoms with Gasteiger partial charge in [-0.1, -0.05) is 129 Å². The molecule has 2 aromatic heterocycles. The summed E-state index contributed by atoms with van der Waals surface area (Å²) in [6, 6.07) is 0. The summed E-state index contributed by atoms with van der Waals surface area (Å²) in [4.78, 5) is 0. The van der Waals surface area contributed by atoms with Crippen LogP contribution in [0.2, 0.25) is 0 Å². The molecule has 2 heteroatoms. The van der Waals surface area contributed by atoms with Crippen molar-refractivity contribution < 1.29 is 0 Å². The van der Waals surface area contributed by atoms with Crippen LogP contribution in [0, 0.1) is 0 Å². The van der Waals surface area contributed by atoms with Gasteiger partial charge in [-0.15, -0.1) is 22.7 Å². The summed E-state index contributed by atoms with van der Waals surface area (Å²) in [5, 5.41) is 4.94. The van der Waals surface area contributed by atoms with E-state index in [4.69, 9.17) is 0 Å². The van der Waals surface area contributed by atoms with E-state index in [0.717, 1.165) is 0 Å². The van der Waals surface area contributed by atoms with E-state index < -0.39 is 0 Å². The summed E-state index contributed by atoms with van der Waals surface area (Å²) in [5.74, 6) is 0. The van der Waals surface area contributed by atoms with Crippen molar-refractivity contribution in [3.05, 3.63) is 21.9 Å². The minimum absolute atomic E-state index is 1.30. The molecule has 0 atom stereocenters. The Morgan fingerprint density at radius 3 is 1.00 bits per heavy atom. The maximum absolute atomic E-state index is 2.47. The number of rotatable bonds is 22. The van der Waals surface area contributed by atoms with E-state index >= 15 is 0 Å². The fraction of sp³-hybridized carbons (Fsp3) is 0.800. The van der Waals surface area contributed by atoms with Gasteiger partial charge in [0.05, 0.1) is 0 Å². The minimum atomic E-state index is 1.30. The Hall–Kier alpha value is -0.340. The van der Waals surface area contributed by atoms with Gasteiger partial charge in [-0.05, 0) is 47.6 Å². The molecule has 2 aromatic rings. The first kappa shape index (κ1) is 27.9. The van der Waals surface area contributed by atoms with Crippen molar-refractivity contribution in [2.75, 3.05) is 0 Å². The van der Waals surface area contributed by atoms with Crippen LogP contribution in [0.25, 0.3) is 9.40 Å². The molecule has 0 saturated carbocycles. The molecule has 0 aliphatic rings. The third-order valence-corrected chi connectivity index (χ3v) is 9.36. The zero-order valence-electron chi connectivity index (χ0n) is 21.5. The summed E-state index contributed by atoms with van der Waals surface area (Å²) in [6.07, 6.45) is 31.2. The van der Waals surface area contributed by atoms with Gasteiger partial charge in [0.1, 0.15) is 0 Å². The highest BCUT2D eigenvalue weighted by molar-refractivity contribution is 7.26. The molecule has 0 aliphatic heterocycles. The topological polar surface area (TPSA) is 0 Å². The van der Waals surface area contributed by atoms with Crippen molar-refractivity contribution in [2.24, 2.45) is 0 Å². The Kier molecular flexibility index (Phi) is 16.6.